The third-order valence-electron chi connectivity index (χ3n) is 8.18. The first-order valence-electron chi connectivity index (χ1n) is 12.3. The summed E-state index contributed by atoms with van der Waals surface area (Å²) in [5.41, 5.74) is 6.43. The summed E-state index contributed by atoms with van der Waals surface area (Å²) < 4.78 is 28.9. The standard InChI is InChI=1S/C27H36N4O2S/c1-19-8-7-9-24(20(19)2)22-10-12-23(13-11-22)25-17-30-14-5-6-15-31(18-26(25)30)34(32,33)27-16-28-21(3)29(27)4/h5-13,21,25-28H,14-18H2,1-4H3/b6-5-. The molecule has 1 N–H and O–H groups in total. The molecular formula is C27H36N4O2S. The van der Waals surface area contributed by atoms with E-state index >= 15 is 0 Å². The number of nitrogens with zero attached hydrogens (tertiary/aromatic N) is 3. The summed E-state index contributed by atoms with van der Waals surface area (Å²) in [7, 11) is -1.55. The Kier molecular flexibility index (Phi) is 6.42. The molecular weight excluding hydrogens is 444 g/mol. The molecule has 3 aliphatic heterocycles. The zero-order valence-corrected chi connectivity index (χ0v) is 21.4. The highest BCUT2D eigenvalue weighted by Crippen LogP contribution is 2.37. The third kappa shape index (κ3) is 4.14. The fourth-order valence-electron chi connectivity index (χ4n) is 5.57. The van der Waals surface area contributed by atoms with Crippen molar-refractivity contribution >= 4 is 10.0 Å². The minimum absolute atomic E-state index is 0.0635. The van der Waals surface area contributed by atoms with E-state index in [0.717, 1.165) is 13.1 Å². The zero-order valence-electron chi connectivity index (χ0n) is 20.6. The monoisotopic (exact) mass is 480 g/mol. The topological polar surface area (TPSA) is 55.9 Å². The maximum absolute atomic E-state index is 13.6. The number of aryl methyl sites for hydroxylation is 1. The minimum Gasteiger partial charge on any atom is -0.299 e. The predicted octanol–water partition coefficient (Wildman–Crippen LogP) is 3.15. The zero-order chi connectivity index (χ0) is 24.0. The van der Waals surface area contributed by atoms with Crippen molar-refractivity contribution in [1.29, 1.82) is 0 Å². The summed E-state index contributed by atoms with van der Waals surface area (Å²) in [6.07, 6.45) is 4.19. The van der Waals surface area contributed by atoms with Crippen LogP contribution in [0.25, 0.3) is 11.1 Å². The molecule has 5 rings (SSSR count). The van der Waals surface area contributed by atoms with Crippen LogP contribution in [0, 0.1) is 13.8 Å². The van der Waals surface area contributed by atoms with Gasteiger partial charge in [-0.15, -0.1) is 0 Å². The molecule has 2 aromatic carbocycles. The Morgan fingerprint density at radius 2 is 1.71 bits per heavy atom. The number of sulfonamides is 1. The summed E-state index contributed by atoms with van der Waals surface area (Å²) in [6.45, 7) is 9.65. The van der Waals surface area contributed by atoms with E-state index in [1.807, 2.05) is 24.9 Å². The number of nitrogens with one attached hydrogen (secondary N) is 1. The number of rotatable bonds is 4. The first kappa shape index (κ1) is 23.7. The van der Waals surface area contributed by atoms with Gasteiger partial charge in [0.15, 0.2) is 0 Å². The van der Waals surface area contributed by atoms with Crippen molar-refractivity contribution in [3.8, 4) is 11.1 Å². The molecule has 0 spiro atoms. The summed E-state index contributed by atoms with van der Waals surface area (Å²) in [5.74, 6) is 0.343. The largest absolute Gasteiger partial charge is 0.299 e. The molecule has 0 amide bonds. The fourth-order valence-corrected chi connectivity index (χ4v) is 7.48. The lowest BCUT2D eigenvalue weighted by atomic mass is 9.81. The van der Waals surface area contributed by atoms with Gasteiger partial charge in [0.1, 0.15) is 5.37 Å². The van der Waals surface area contributed by atoms with Gasteiger partial charge in [-0.25, -0.2) is 8.42 Å². The normalized spacial score (nSPS) is 29.8. The molecule has 182 valence electrons. The smallest absolute Gasteiger partial charge is 0.232 e. The summed E-state index contributed by atoms with van der Waals surface area (Å²) in [4.78, 5) is 4.33. The van der Waals surface area contributed by atoms with Gasteiger partial charge in [-0.2, -0.15) is 4.31 Å². The summed E-state index contributed by atoms with van der Waals surface area (Å²) >= 11 is 0. The highest BCUT2D eigenvalue weighted by atomic mass is 32.2. The molecule has 4 atom stereocenters. The van der Waals surface area contributed by atoms with E-state index in [9.17, 15) is 8.42 Å². The van der Waals surface area contributed by atoms with Crippen LogP contribution in [0.1, 0.15) is 29.5 Å². The molecule has 2 fully saturated rings. The third-order valence-corrected chi connectivity index (χ3v) is 10.4. The lowest BCUT2D eigenvalue weighted by Crippen LogP contribution is -2.61. The van der Waals surface area contributed by atoms with Gasteiger partial charge in [0, 0.05) is 44.7 Å². The number of hydrogen-bond acceptors (Lipinski definition) is 5. The quantitative estimate of drug-likeness (QED) is 0.682. The predicted molar refractivity (Wildman–Crippen MR) is 138 cm³/mol. The number of benzene rings is 2. The van der Waals surface area contributed by atoms with Gasteiger partial charge < -0.3 is 0 Å². The van der Waals surface area contributed by atoms with E-state index in [1.54, 1.807) is 4.31 Å². The van der Waals surface area contributed by atoms with Gasteiger partial charge in [0.25, 0.3) is 0 Å². The van der Waals surface area contributed by atoms with E-state index in [4.69, 9.17) is 0 Å². The Hall–Kier alpha value is -2.03. The summed E-state index contributed by atoms with van der Waals surface area (Å²) in [5, 5.41) is 2.76. The molecule has 0 bridgehead atoms. The van der Waals surface area contributed by atoms with Crippen molar-refractivity contribution in [1.82, 2.24) is 19.4 Å². The van der Waals surface area contributed by atoms with Crippen molar-refractivity contribution < 1.29 is 8.42 Å². The SMILES string of the molecule is Cc1cccc(-c2ccc(C3CN4C/C=C\CN(S(=O)(=O)C5CNC(C)N5C)CC34)cc2)c1C. The highest BCUT2D eigenvalue weighted by Gasteiger charge is 2.45. The van der Waals surface area contributed by atoms with E-state index in [0.29, 0.717) is 25.6 Å². The molecule has 4 unspecified atom stereocenters. The van der Waals surface area contributed by atoms with Crippen molar-refractivity contribution in [3.05, 3.63) is 71.3 Å². The maximum Gasteiger partial charge on any atom is 0.232 e. The Morgan fingerprint density at radius 1 is 0.971 bits per heavy atom. The van der Waals surface area contributed by atoms with E-state index in [1.165, 1.54) is 27.8 Å². The molecule has 34 heavy (non-hydrogen) atoms. The first-order chi connectivity index (χ1) is 16.3. The molecule has 0 aromatic heterocycles. The van der Waals surface area contributed by atoms with Gasteiger partial charge in [-0.3, -0.25) is 15.1 Å². The molecule has 0 radical (unpaired) electrons. The van der Waals surface area contributed by atoms with E-state index in [2.05, 4.69) is 72.6 Å². The second-order valence-corrected chi connectivity index (χ2v) is 12.1. The van der Waals surface area contributed by atoms with Crippen LogP contribution in [0.3, 0.4) is 0 Å². The molecule has 2 saturated heterocycles. The molecule has 7 heteroatoms. The Bertz CT molecular complexity index is 1180. The minimum atomic E-state index is -3.44. The molecule has 0 saturated carbocycles. The second-order valence-electron chi connectivity index (χ2n) is 10.0. The van der Waals surface area contributed by atoms with Gasteiger partial charge in [0.2, 0.25) is 10.0 Å². The van der Waals surface area contributed by atoms with Crippen LogP contribution < -0.4 is 5.32 Å². The molecule has 0 aliphatic carbocycles. The number of hydrogen-bond donors (Lipinski definition) is 1. The van der Waals surface area contributed by atoms with E-state index < -0.39 is 15.4 Å². The summed E-state index contributed by atoms with van der Waals surface area (Å²) in [6, 6.07) is 15.6. The second kappa shape index (κ2) is 9.21. The van der Waals surface area contributed by atoms with Crippen molar-refractivity contribution in [2.75, 3.05) is 39.8 Å². The fraction of sp³-hybridized carbons (Fsp3) is 0.481. The van der Waals surface area contributed by atoms with E-state index in [-0.39, 0.29) is 12.2 Å². The van der Waals surface area contributed by atoms with Gasteiger partial charge in [0.05, 0.1) is 6.17 Å². The maximum atomic E-state index is 13.6. The average molecular weight is 481 g/mol. The van der Waals surface area contributed by atoms with Crippen molar-refractivity contribution in [3.63, 3.8) is 0 Å². The van der Waals surface area contributed by atoms with Crippen LogP contribution in [0.4, 0.5) is 0 Å². The van der Waals surface area contributed by atoms with Crippen LogP contribution in [0.5, 0.6) is 0 Å². The van der Waals surface area contributed by atoms with Crippen LogP contribution in [0.15, 0.2) is 54.6 Å². The van der Waals surface area contributed by atoms with Gasteiger partial charge in [-0.1, -0.05) is 54.6 Å². The van der Waals surface area contributed by atoms with Gasteiger partial charge >= 0.3 is 0 Å². The lowest BCUT2D eigenvalue weighted by Gasteiger charge is -2.50. The number of likely N-dealkylation sites (N-methyl/N-ethyl adjacent to an activating group) is 1. The molecule has 6 nitrogen and oxygen atoms in total. The van der Waals surface area contributed by atoms with Crippen molar-refractivity contribution in [2.24, 2.45) is 0 Å². The Labute approximate surface area is 204 Å². The molecule has 2 aromatic rings. The lowest BCUT2D eigenvalue weighted by molar-refractivity contribution is 0.0564. The highest BCUT2D eigenvalue weighted by molar-refractivity contribution is 7.89. The Balaban J connectivity index is 1.36. The first-order valence-corrected chi connectivity index (χ1v) is 13.8. The van der Waals surface area contributed by atoms with Crippen LogP contribution in [0.2, 0.25) is 0 Å². The number of fused-ring (bicyclic) bond motifs is 1. The van der Waals surface area contributed by atoms with Gasteiger partial charge in [-0.05, 0) is 55.6 Å². The van der Waals surface area contributed by atoms with Crippen LogP contribution in [-0.2, 0) is 10.0 Å². The van der Waals surface area contributed by atoms with Crippen LogP contribution >= 0.6 is 0 Å². The van der Waals surface area contributed by atoms with Crippen molar-refractivity contribution in [2.45, 2.75) is 44.3 Å². The molecule has 3 aliphatic rings. The average Bonchev–Trinajstić information content (AvgIpc) is 3.14. The molecule has 3 heterocycles. The van der Waals surface area contributed by atoms with Crippen LogP contribution in [-0.4, -0.2) is 79.9 Å². The Morgan fingerprint density at radius 3 is 2.41 bits per heavy atom.